The van der Waals surface area contributed by atoms with Crippen LogP contribution in [0.5, 0.6) is 5.75 Å². The lowest BCUT2D eigenvalue weighted by atomic mass is 10.2. The Morgan fingerprint density at radius 2 is 1.62 bits per heavy atom. The smallest absolute Gasteiger partial charge is 0.238 e. The maximum atomic E-state index is 11.3. The minimum absolute atomic E-state index is 0.0472. The zero-order chi connectivity index (χ0) is 20.9. The normalized spacial score (nSPS) is 11.6. The van der Waals surface area contributed by atoms with Crippen LogP contribution < -0.4 is 15.3 Å². The molecule has 0 saturated heterocycles. The first-order chi connectivity index (χ1) is 13.8. The molecule has 150 valence electrons. The highest BCUT2D eigenvalue weighted by atomic mass is 79.9. The number of hydrogen-bond acceptors (Lipinski definition) is 5. The van der Waals surface area contributed by atoms with E-state index >= 15 is 0 Å². The number of nitrogens with two attached hydrogens (primary N) is 1. The fourth-order valence-corrected chi connectivity index (χ4v) is 4.39. The molecule has 0 bridgehead atoms. The van der Waals surface area contributed by atoms with Gasteiger partial charge in [0, 0.05) is 0 Å². The quantitative estimate of drug-likeness (QED) is 0.331. The highest BCUT2D eigenvalue weighted by molar-refractivity contribution is 9.11. The van der Waals surface area contributed by atoms with Crippen molar-refractivity contribution in [1.29, 1.82) is 0 Å². The van der Waals surface area contributed by atoms with Crippen LogP contribution in [0, 0.1) is 0 Å². The number of nitrogens with zero attached hydrogens (tertiary/aromatic N) is 1. The standard InChI is InChI=1S/C20H17Br2N3O3S/c21-18-10-15(11-19(22)20(18)28-13-14-4-2-1-3-5-14)12-24-25-16-6-8-17(9-7-16)29(23,26)27/h1-12,25H,13H2,(H2,23,26,27)/b24-12-. The summed E-state index contributed by atoms with van der Waals surface area (Å²) in [5.74, 6) is 0.706. The molecule has 0 atom stereocenters. The molecular weight excluding hydrogens is 522 g/mol. The van der Waals surface area contributed by atoms with Gasteiger partial charge in [-0.2, -0.15) is 5.10 Å². The minimum atomic E-state index is -3.71. The third-order valence-electron chi connectivity index (χ3n) is 3.84. The SMILES string of the molecule is NS(=O)(=O)c1ccc(N/N=C\c2cc(Br)c(OCc3ccccc3)c(Br)c2)cc1. The van der Waals surface area contributed by atoms with Crippen LogP contribution in [0.4, 0.5) is 5.69 Å². The predicted molar refractivity (Wildman–Crippen MR) is 122 cm³/mol. The number of hydrogen-bond donors (Lipinski definition) is 2. The van der Waals surface area contributed by atoms with Crippen LogP contribution in [-0.4, -0.2) is 14.6 Å². The van der Waals surface area contributed by atoms with Gasteiger partial charge in [0.05, 0.1) is 25.7 Å². The lowest BCUT2D eigenvalue weighted by Crippen LogP contribution is -2.11. The molecule has 0 fully saturated rings. The van der Waals surface area contributed by atoms with Crippen molar-refractivity contribution in [3.05, 3.63) is 86.8 Å². The Kier molecular flexibility index (Phi) is 7.07. The van der Waals surface area contributed by atoms with Crippen molar-refractivity contribution < 1.29 is 13.2 Å². The number of sulfonamides is 1. The molecule has 29 heavy (non-hydrogen) atoms. The number of rotatable bonds is 7. The monoisotopic (exact) mass is 537 g/mol. The molecule has 0 heterocycles. The van der Waals surface area contributed by atoms with E-state index in [1.807, 2.05) is 42.5 Å². The van der Waals surface area contributed by atoms with Gasteiger partial charge in [-0.15, -0.1) is 0 Å². The molecule has 9 heteroatoms. The average Bonchev–Trinajstić information content (AvgIpc) is 2.68. The summed E-state index contributed by atoms with van der Waals surface area (Å²) in [7, 11) is -3.71. The van der Waals surface area contributed by atoms with E-state index in [4.69, 9.17) is 9.88 Å². The number of primary sulfonamides is 1. The van der Waals surface area contributed by atoms with Gasteiger partial charge in [-0.05, 0) is 79.4 Å². The van der Waals surface area contributed by atoms with Crippen molar-refractivity contribution in [3.63, 3.8) is 0 Å². The first kappa shape index (κ1) is 21.5. The number of nitrogens with one attached hydrogen (secondary N) is 1. The van der Waals surface area contributed by atoms with Crippen LogP contribution in [0.2, 0.25) is 0 Å². The molecule has 0 radical (unpaired) electrons. The molecule has 3 rings (SSSR count). The maximum absolute atomic E-state index is 11.3. The summed E-state index contributed by atoms with van der Waals surface area (Å²) in [4.78, 5) is 0.0472. The Balaban J connectivity index is 1.65. The molecule has 6 nitrogen and oxygen atoms in total. The molecule has 0 saturated carbocycles. The molecule has 0 unspecified atom stereocenters. The molecule has 0 aliphatic rings. The van der Waals surface area contributed by atoms with E-state index in [2.05, 4.69) is 42.4 Å². The molecule has 3 aromatic rings. The summed E-state index contributed by atoms with van der Waals surface area (Å²) in [5.41, 5.74) is 5.39. The minimum Gasteiger partial charge on any atom is -0.487 e. The van der Waals surface area contributed by atoms with Crippen LogP contribution in [0.15, 0.2) is 85.7 Å². The second-order valence-electron chi connectivity index (χ2n) is 6.03. The summed E-state index contributed by atoms with van der Waals surface area (Å²) in [5, 5.41) is 9.25. The largest absolute Gasteiger partial charge is 0.487 e. The van der Waals surface area contributed by atoms with Crippen molar-refractivity contribution in [1.82, 2.24) is 0 Å². The fraction of sp³-hybridized carbons (Fsp3) is 0.0500. The van der Waals surface area contributed by atoms with Crippen LogP contribution in [0.1, 0.15) is 11.1 Å². The van der Waals surface area contributed by atoms with Crippen molar-refractivity contribution >= 4 is 53.8 Å². The number of halogens is 2. The van der Waals surface area contributed by atoms with E-state index in [1.54, 1.807) is 18.3 Å². The molecule has 0 amide bonds. The van der Waals surface area contributed by atoms with Gasteiger partial charge in [0.1, 0.15) is 12.4 Å². The van der Waals surface area contributed by atoms with Gasteiger partial charge < -0.3 is 4.74 Å². The van der Waals surface area contributed by atoms with Crippen LogP contribution >= 0.6 is 31.9 Å². The lowest BCUT2D eigenvalue weighted by molar-refractivity contribution is 0.302. The van der Waals surface area contributed by atoms with Gasteiger partial charge in [0.25, 0.3) is 0 Å². The van der Waals surface area contributed by atoms with Gasteiger partial charge in [-0.3, -0.25) is 5.43 Å². The van der Waals surface area contributed by atoms with E-state index in [0.717, 1.165) is 20.1 Å². The highest BCUT2D eigenvalue weighted by Gasteiger charge is 2.09. The third-order valence-corrected chi connectivity index (χ3v) is 5.94. The average molecular weight is 539 g/mol. The van der Waals surface area contributed by atoms with Crippen molar-refractivity contribution in [3.8, 4) is 5.75 Å². The van der Waals surface area contributed by atoms with Gasteiger partial charge in [0.15, 0.2) is 0 Å². The zero-order valence-corrected chi connectivity index (χ0v) is 19.0. The van der Waals surface area contributed by atoms with E-state index in [0.29, 0.717) is 18.0 Å². The van der Waals surface area contributed by atoms with E-state index in [9.17, 15) is 8.42 Å². The van der Waals surface area contributed by atoms with Crippen molar-refractivity contribution in [2.45, 2.75) is 11.5 Å². The molecule has 0 aliphatic carbocycles. The summed E-state index contributed by atoms with van der Waals surface area (Å²) in [6.07, 6.45) is 1.64. The van der Waals surface area contributed by atoms with E-state index in [-0.39, 0.29) is 4.90 Å². The molecular formula is C20H17Br2N3O3S. The third kappa shape index (κ3) is 6.14. The fourth-order valence-electron chi connectivity index (χ4n) is 2.42. The molecule has 0 spiro atoms. The zero-order valence-electron chi connectivity index (χ0n) is 15.0. The maximum Gasteiger partial charge on any atom is 0.238 e. The van der Waals surface area contributed by atoms with E-state index < -0.39 is 10.0 Å². The second-order valence-corrected chi connectivity index (χ2v) is 9.30. The Bertz CT molecular complexity index is 1100. The first-order valence-corrected chi connectivity index (χ1v) is 11.5. The Hall–Kier alpha value is -2.20. The number of ether oxygens (including phenoxy) is 1. The summed E-state index contributed by atoms with van der Waals surface area (Å²) in [6, 6.07) is 19.7. The predicted octanol–water partition coefficient (Wildman–Crippen LogP) is 4.88. The first-order valence-electron chi connectivity index (χ1n) is 8.40. The van der Waals surface area contributed by atoms with Gasteiger partial charge in [0.2, 0.25) is 10.0 Å². The van der Waals surface area contributed by atoms with Crippen LogP contribution in [0.3, 0.4) is 0 Å². The van der Waals surface area contributed by atoms with Crippen molar-refractivity contribution in [2.75, 3.05) is 5.43 Å². The number of benzene rings is 3. The number of anilines is 1. The van der Waals surface area contributed by atoms with Gasteiger partial charge in [-0.1, -0.05) is 30.3 Å². The molecule has 0 aliphatic heterocycles. The number of hydrazone groups is 1. The summed E-state index contributed by atoms with van der Waals surface area (Å²) >= 11 is 7.06. The Labute approximate surface area is 186 Å². The Morgan fingerprint density at radius 1 is 1.00 bits per heavy atom. The van der Waals surface area contributed by atoms with Gasteiger partial charge in [-0.25, -0.2) is 13.6 Å². The lowest BCUT2D eigenvalue weighted by Gasteiger charge is -2.11. The summed E-state index contributed by atoms with van der Waals surface area (Å²) in [6.45, 7) is 0.460. The van der Waals surface area contributed by atoms with E-state index in [1.165, 1.54) is 12.1 Å². The topological polar surface area (TPSA) is 93.8 Å². The van der Waals surface area contributed by atoms with Crippen LogP contribution in [0.25, 0.3) is 0 Å². The second kappa shape index (κ2) is 9.53. The molecule has 3 N–H and O–H groups in total. The van der Waals surface area contributed by atoms with Crippen molar-refractivity contribution in [2.24, 2.45) is 10.2 Å². The van der Waals surface area contributed by atoms with Crippen LogP contribution in [-0.2, 0) is 16.6 Å². The highest BCUT2D eigenvalue weighted by Crippen LogP contribution is 2.35. The summed E-state index contributed by atoms with van der Waals surface area (Å²) < 4.78 is 30.0. The molecule has 0 aromatic heterocycles. The molecule has 3 aromatic carbocycles. The Morgan fingerprint density at radius 3 is 2.21 bits per heavy atom. The van der Waals surface area contributed by atoms with Gasteiger partial charge >= 0.3 is 0 Å².